The number of hydrogen-bond donors (Lipinski definition) is 1. The molecule has 1 N–H and O–H groups in total. The van der Waals surface area contributed by atoms with E-state index >= 15 is 0 Å². The van der Waals surface area contributed by atoms with E-state index in [1.807, 2.05) is 45.0 Å². The maximum Gasteiger partial charge on any atom is 0.163 e. The predicted molar refractivity (Wildman–Crippen MR) is 70.1 cm³/mol. The van der Waals surface area contributed by atoms with Crippen molar-refractivity contribution in [3.63, 3.8) is 0 Å². The highest BCUT2D eigenvalue weighted by molar-refractivity contribution is 5.96. The van der Waals surface area contributed by atoms with E-state index in [0.717, 1.165) is 24.0 Å². The Morgan fingerprint density at radius 1 is 1.24 bits per heavy atom. The number of carbonyl (C=O) groups excluding carboxylic acids is 1. The minimum atomic E-state index is -0.408. The van der Waals surface area contributed by atoms with E-state index in [4.69, 9.17) is 0 Å². The molecule has 0 aliphatic carbocycles. The summed E-state index contributed by atoms with van der Waals surface area (Å²) in [5, 5.41) is 9.81. The van der Waals surface area contributed by atoms with Crippen molar-refractivity contribution in [2.45, 2.75) is 46.1 Å². The number of rotatable bonds is 6. The molecule has 1 rings (SSSR count). The van der Waals surface area contributed by atoms with E-state index in [1.165, 1.54) is 0 Å². The summed E-state index contributed by atoms with van der Waals surface area (Å²) in [5.41, 5.74) is 1.64. The van der Waals surface area contributed by atoms with Gasteiger partial charge in [0, 0.05) is 12.0 Å². The van der Waals surface area contributed by atoms with E-state index in [-0.39, 0.29) is 5.78 Å². The average Bonchev–Trinajstić information content (AvgIpc) is 2.28. The van der Waals surface area contributed by atoms with Crippen molar-refractivity contribution in [1.82, 2.24) is 0 Å². The fraction of sp³-hybridized carbons (Fsp3) is 0.533. The van der Waals surface area contributed by atoms with Crippen LogP contribution in [0.3, 0.4) is 0 Å². The normalized spacial score (nSPS) is 12.8. The van der Waals surface area contributed by atoms with Crippen molar-refractivity contribution in [1.29, 1.82) is 0 Å². The Balaban J connectivity index is 2.70. The molecule has 0 spiro atoms. The van der Waals surface area contributed by atoms with Gasteiger partial charge in [-0.05, 0) is 17.9 Å². The van der Waals surface area contributed by atoms with Crippen LogP contribution < -0.4 is 0 Å². The summed E-state index contributed by atoms with van der Waals surface area (Å²) in [4.78, 5) is 11.8. The van der Waals surface area contributed by atoms with Crippen LogP contribution >= 0.6 is 0 Å². The number of aliphatic hydroxyl groups excluding tert-OH is 1. The number of aliphatic hydroxyl groups is 1. The lowest BCUT2D eigenvalue weighted by atomic mass is 9.98. The molecule has 1 atom stereocenters. The van der Waals surface area contributed by atoms with Crippen LogP contribution in [0.25, 0.3) is 0 Å². The highest BCUT2D eigenvalue weighted by Gasteiger charge is 2.10. The van der Waals surface area contributed by atoms with E-state index in [1.54, 1.807) is 0 Å². The Hall–Kier alpha value is -1.15. The van der Waals surface area contributed by atoms with Gasteiger partial charge in [0.25, 0.3) is 0 Å². The molecule has 0 fully saturated rings. The quantitative estimate of drug-likeness (QED) is 0.761. The molecule has 17 heavy (non-hydrogen) atoms. The van der Waals surface area contributed by atoms with Crippen LogP contribution in [-0.4, -0.2) is 10.9 Å². The van der Waals surface area contributed by atoms with Gasteiger partial charge >= 0.3 is 0 Å². The summed E-state index contributed by atoms with van der Waals surface area (Å²) in [6.45, 7) is 6.12. The van der Waals surface area contributed by atoms with Crippen LogP contribution in [0.4, 0.5) is 0 Å². The van der Waals surface area contributed by atoms with Gasteiger partial charge in [-0.3, -0.25) is 4.79 Å². The predicted octanol–water partition coefficient (Wildman–Crippen LogP) is 3.75. The van der Waals surface area contributed by atoms with E-state index < -0.39 is 6.10 Å². The molecule has 0 aromatic heterocycles. The molecule has 1 aromatic carbocycles. The molecule has 0 bridgehead atoms. The van der Waals surface area contributed by atoms with E-state index in [2.05, 4.69) is 0 Å². The van der Waals surface area contributed by atoms with Crippen LogP contribution in [0.2, 0.25) is 0 Å². The first-order valence-corrected chi connectivity index (χ1v) is 6.35. The number of ketones is 1. The summed E-state index contributed by atoms with van der Waals surface area (Å²) in [7, 11) is 0. The maximum absolute atomic E-state index is 11.8. The molecule has 0 amide bonds. The Morgan fingerprint density at radius 2 is 1.82 bits per heavy atom. The molecule has 94 valence electrons. The highest BCUT2D eigenvalue weighted by Crippen LogP contribution is 2.19. The van der Waals surface area contributed by atoms with Crippen LogP contribution in [0.15, 0.2) is 24.3 Å². The number of benzene rings is 1. The minimum Gasteiger partial charge on any atom is -0.388 e. The smallest absolute Gasteiger partial charge is 0.163 e. The first-order chi connectivity index (χ1) is 8.04. The second-order valence-corrected chi connectivity index (χ2v) is 4.95. The summed E-state index contributed by atoms with van der Waals surface area (Å²) in [6.07, 6.45) is 1.89. The monoisotopic (exact) mass is 234 g/mol. The lowest BCUT2D eigenvalue weighted by Crippen LogP contribution is -2.04. The fourth-order valence-corrected chi connectivity index (χ4v) is 1.82. The summed E-state index contributed by atoms with van der Waals surface area (Å²) >= 11 is 0. The zero-order valence-corrected chi connectivity index (χ0v) is 10.9. The van der Waals surface area contributed by atoms with Crippen molar-refractivity contribution in [3.05, 3.63) is 35.4 Å². The van der Waals surface area contributed by atoms with Crippen molar-refractivity contribution < 1.29 is 9.90 Å². The van der Waals surface area contributed by atoms with Gasteiger partial charge in [0.05, 0.1) is 6.10 Å². The Labute approximate surface area is 104 Å². The van der Waals surface area contributed by atoms with Crippen LogP contribution in [0, 0.1) is 5.92 Å². The Bertz CT molecular complexity index is 352. The summed E-state index contributed by atoms with van der Waals surface area (Å²) in [5.74, 6) is 0.560. The Kier molecular flexibility index (Phi) is 5.36. The molecule has 2 nitrogen and oxygen atoms in total. The van der Waals surface area contributed by atoms with Crippen LogP contribution in [0.5, 0.6) is 0 Å². The molecule has 1 aromatic rings. The maximum atomic E-state index is 11.8. The molecule has 1 unspecified atom stereocenters. The minimum absolute atomic E-state index is 0.177. The molecule has 0 aliphatic heterocycles. The van der Waals surface area contributed by atoms with E-state index in [0.29, 0.717) is 12.3 Å². The van der Waals surface area contributed by atoms with Gasteiger partial charge in [-0.2, -0.15) is 0 Å². The van der Waals surface area contributed by atoms with E-state index in [9.17, 15) is 9.90 Å². The van der Waals surface area contributed by atoms with Gasteiger partial charge in [0.2, 0.25) is 0 Å². The van der Waals surface area contributed by atoms with Crippen LogP contribution in [-0.2, 0) is 0 Å². The van der Waals surface area contributed by atoms with Gasteiger partial charge in [0.1, 0.15) is 0 Å². The largest absolute Gasteiger partial charge is 0.388 e. The van der Waals surface area contributed by atoms with Gasteiger partial charge in [-0.15, -0.1) is 0 Å². The fourth-order valence-electron chi connectivity index (χ4n) is 1.82. The lowest BCUT2D eigenvalue weighted by molar-refractivity contribution is 0.0967. The average molecular weight is 234 g/mol. The molecule has 0 radical (unpaired) electrons. The first kappa shape index (κ1) is 13.9. The molecule has 0 saturated heterocycles. The first-order valence-electron chi connectivity index (χ1n) is 6.35. The SMILES string of the molecule is CCCC(O)c1ccc(C(=O)CC(C)C)cc1. The zero-order chi connectivity index (χ0) is 12.8. The van der Waals surface area contributed by atoms with Crippen molar-refractivity contribution in [2.24, 2.45) is 5.92 Å². The van der Waals surface area contributed by atoms with Crippen molar-refractivity contribution in [2.75, 3.05) is 0 Å². The summed E-state index contributed by atoms with van der Waals surface area (Å²) < 4.78 is 0. The van der Waals surface area contributed by atoms with Crippen LogP contribution in [0.1, 0.15) is 62.1 Å². The molecule has 0 aliphatic rings. The third-order valence-corrected chi connectivity index (χ3v) is 2.77. The molecule has 2 heteroatoms. The molecular weight excluding hydrogens is 212 g/mol. The topological polar surface area (TPSA) is 37.3 Å². The molecular formula is C15H22O2. The van der Waals surface area contributed by atoms with Gasteiger partial charge in [0.15, 0.2) is 5.78 Å². The molecule has 0 saturated carbocycles. The summed E-state index contributed by atoms with van der Waals surface area (Å²) in [6, 6.07) is 7.35. The number of hydrogen-bond acceptors (Lipinski definition) is 2. The third kappa shape index (κ3) is 4.31. The second kappa shape index (κ2) is 6.55. The number of Topliss-reactive ketones (excluding diaryl/α,β-unsaturated/α-hetero) is 1. The lowest BCUT2D eigenvalue weighted by Gasteiger charge is -2.10. The number of carbonyl (C=O) groups is 1. The Morgan fingerprint density at radius 3 is 2.29 bits per heavy atom. The van der Waals surface area contributed by atoms with Crippen molar-refractivity contribution >= 4 is 5.78 Å². The molecule has 0 heterocycles. The van der Waals surface area contributed by atoms with Gasteiger partial charge < -0.3 is 5.11 Å². The third-order valence-electron chi connectivity index (χ3n) is 2.77. The highest BCUT2D eigenvalue weighted by atomic mass is 16.3. The standard InChI is InChI=1S/C15H22O2/c1-4-5-14(16)12-6-8-13(9-7-12)15(17)10-11(2)3/h6-9,11,14,16H,4-5,10H2,1-3H3. The van der Waals surface area contributed by atoms with Gasteiger partial charge in [-0.1, -0.05) is 51.5 Å². The van der Waals surface area contributed by atoms with Gasteiger partial charge in [-0.25, -0.2) is 0 Å². The second-order valence-electron chi connectivity index (χ2n) is 4.95. The zero-order valence-electron chi connectivity index (χ0n) is 10.9. The van der Waals surface area contributed by atoms with Crippen molar-refractivity contribution in [3.8, 4) is 0 Å².